The third-order valence-electron chi connectivity index (χ3n) is 3.02. The molecule has 17 heavy (non-hydrogen) atoms. The summed E-state index contributed by atoms with van der Waals surface area (Å²) in [5.41, 5.74) is 0. The molecule has 4 heteroatoms. The van der Waals surface area contributed by atoms with Crippen LogP contribution in [0.4, 0.5) is 0 Å². The topological polar surface area (TPSA) is 20.3 Å². The Labute approximate surface area is 111 Å². The van der Waals surface area contributed by atoms with Crippen LogP contribution in [0.25, 0.3) is 0 Å². The molecule has 0 spiro atoms. The second-order valence-electron chi connectivity index (χ2n) is 4.29. The van der Waals surface area contributed by atoms with Crippen molar-refractivity contribution < 1.29 is 4.79 Å². The van der Waals surface area contributed by atoms with Gasteiger partial charge >= 0.3 is 0 Å². The molecule has 1 unspecified atom stereocenters. The molecule has 2 heterocycles. The standard InChI is InChI=1S/C13H19NOS2/c1-2-4-13(15)14-7-6-12(17-10-8-14)11-5-3-9-16-11/h3,5,9,12H,2,4,6-8,10H2,1H3. The molecular weight excluding hydrogens is 250 g/mol. The minimum absolute atomic E-state index is 0.333. The lowest BCUT2D eigenvalue weighted by Crippen LogP contribution is -2.32. The number of thioether (sulfide) groups is 1. The van der Waals surface area contributed by atoms with Gasteiger partial charge in [0.15, 0.2) is 0 Å². The van der Waals surface area contributed by atoms with E-state index in [0.717, 1.165) is 31.7 Å². The highest BCUT2D eigenvalue weighted by Gasteiger charge is 2.21. The van der Waals surface area contributed by atoms with Crippen molar-refractivity contribution in [3.63, 3.8) is 0 Å². The van der Waals surface area contributed by atoms with E-state index in [1.165, 1.54) is 4.88 Å². The van der Waals surface area contributed by atoms with E-state index in [2.05, 4.69) is 24.4 Å². The fourth-order valence-electron chi connectivity index (χ4n) is 2.09. The van der Waals surface area contributed by atoms with Gasteiger partial charge in [-0.15, -0.1) is 11.3 Å². The smallest absolute Gasteiger partial charge is 0.222 e. The highest BCUT2D eigenvalue weighted by Crippen LogP contribution is 2.36. The summed E-state index contributed by atoms with van der Waals surface area (Å²) in [6.07, 6.45) is 2.76. The predicted octanol–water partition coefficient (Wildman–Crippen LogP) is 3.55. The Morgan fingerprint density at radius 3 is 3.12 bits per heavy atom. The van der Waals surface area contributed by atoms with Gasteiger partial charge in [-0.25, -0.2) is 0 Å². The monoisotopic (exact) mass is 269 g/mol. The van der Waals surface area contributed by atoms with Crippen LogP contribution < -0.4 is 0 Å². The molecule has 1 aromatic rings. The van der Waals surface area contributed by atoms with E-state index in [1.54, 1.807) is 0 Å². The molecule has 1 amide bonds. The third-order valence-corrected chi connectivity index (χ3v) is 5.46. The van der Waals surface area contributed by atoms with Crippen molar-refractivity contribution >= 4 is 29.0 Å². The Kier molecular flexibility index (Phi) is 4.92. The highest BCUT2D eigenvalue weighted by molar-refractivity contribution is 7.99. The number of amides is 1. The summed E-state index contributed by atoms with van der Waals surface area (Å²) in [6, 6.07) is 4.33. The van der Waals surface area contributed by atoms with Gasteiger partial charge in [0.1, 0.15) is 0 Å². The molecule has 2 rings (SSSR count). The van der Waals surface area contributed by atoms with Crippen LogP contribution in [0.2, 0.25) is 0 Å². The molecule has 94 valence electrons. The van der Waals surface area contributed by atoms with Gasteiger partial charge in [-0.1, -0.05) is 13.0 Å². The quantitative estimate of drug-likeness (QED) is 0.836. The first kappa shape index (κ1) is 13.0. The van der Waals surface area contributed by atoms with Gasteiger partial charge in [0.05, 0.1) is 0 Å². The van der Waals surface area contributed by atoms with E-state index >= 15 is 0 Å². The summed E-state index contributed by atoms with van der Waals surface area (Å²) < 4.78 is 0. The molecule has 0 bridgehead atoms. The van der Waals surface area contributed by atoms with Gasteiger partial charge in [-0.2, -0.15) is 11.8 Å². The number of hydrogen-bond donors (Lipinski definition) is 0. The lowest BCUT2D eigenvalue weighted by Gasteiger charge is -2.19. The summed E-state index contributed by atoms with van der Waals surface area (Å²) in [5, 5.41) is 2.73. The first-order valence-electron chi connectivity index (χ1n) is 6.24. The van der Waals surface area contributed by atoms with Crippen molar-refractivity contribution in [1.29, 1.82) is 0 Å². The maximum Gasteiger partial charge on any atom is 0.222 e. The van der Waals surface area contributed by atoms with Gasteiger partial charge in [-0.05, 0) is 24.3 Å². The lowest BCUT2D eigenvalue weighted by atomic mass is 10.2. The van der Waals surface area contributed by atoms with E-state index in [-0.39, 0.29) is 0 Å². The Bertz CT molecular complexity index is 350. The summed E-state index contributed by atoms with van der Waals surface area (Å²) in [7, 11) is 0. The number of nitrogens with zero attached hydrogens (tertiary/aromatic N) is 1. The molecule has 1 fully saturated rings. The van der Waals surface area contributed by atoms with Gasteiger partial charge < -0.3 is 4.90 Å². The molecule has 2 nitrogen and oxygen atoms in total. The van der Waals surface area contributed by atoms with Crippen LogP contribution in [0, 0.1) is 0 Å². The SMILES string of the molecule is CCCC(=O)N1CCSC(c2cccs2)CC1. The molecule has 0 aromatic carbocycles. The number of rotatable bonds is 3. The maximum absolute atomic E-state index is 11.9. The highest BCUT2D eigenvalue weighted by atomic mass is 32.2. The molecule has 0 radical (unpaired) electrons. The van der Waals surface area contributed by atoms with Crippen LogP contribution >= 0.6 is 23.1 Å². The minimum atomic E-state index is 0.333. The van der Waals surface area contributed by atoms with Gasteiger partial charge in [0, 0.05) is 35.4 Å². The summed E-state index contributed by atoms with van der Waals surface area (Å²) in [6.45, 7) is 3.92. The van der Waals surface area contributed by atoms with Crippen molar-refractivity contribution in [2.75, 3.05) is 18.8 Å². The molecule has 0 N–H and O–H groups in total. The lowest BCUT2D eigenvalue weighted by molar-refractivity contribution is -0.131. The first-order valence-corrected chi connectivity index (χ1v) is 8.17. The van der Waals surface area contributed by atoms with Gasteiger partial charge in [0.2, 0.25) is 5.91 Å². The molecule has 1 aliphatic heterocycles. The second-order valence-corrected chi connectivity index (χ2v) is 6.58. The van der Waals surface area contributed by atoms with Crippen molar-refractivity contribution in [3.8, 4) is 0 Å². The minimum Gasteiger partial charge on any atom is -0.342 e. The molecule has 1 aliphatic rings. The predicted molar refractivity (Wildman–Crippen MR) is 75.6 cm³/mol. The Hall–Kier alpha value is -0.480. The fraction of sp³-hybridized carbons (Fsp3) is 0.615. The van der Waals surface area contributed by atoms with E-state index < -0.39 is 0 Å². The van der Waals surface area contributed by atoms with Gasteiger partial charge in [-0.3, -0.25) is 4.79 Å². The van der Waals surface area contributed by atoms with Crippen molar-refractivity contribution in [2.45, 2.75) is 31.4 Å². The van der Waals surface area contributed by atoms with E-state index in [0.29, 0.717) is 17.6 Å². The Morgan fingerprint density at radius 1 is 1.53 bits per heavy atom. The molecule has 0 saturated carbocycles. The van der Waals surface area contributed by atoms with Crippen molar-refractivity contribution in [2.24, 2.45) is 0 Å². The molecular formula is C13H19NOS2. The number of carbonyl (C=O) groups is 1. The van der Waals surface area contributed by atoms with Crippen LogP contribution in [0.5, 0.6) is 0 Å². The van der Waals surface area contributed by atoms with Crippen LogP contribution in [0.15, 0.2) is 17.5 Å². The van der Waals surface area contributed by atoms with Crippen molar-refractivity contribution in [1.82, 2.24) is 4.90 Å². The first-order chi connectivity index (χ1) is 8.31. The largest absolute Gasteiger partial charge is 0.342 e. The van der Waals surface area contributed by atoms with Crippen LogP contribution in [-0.4, -0.2) is 29.6 Å². The van der Waals surface area contributed by atoms with Crippen LogP contribution in [0.3, 0.4) is 0 Å². The number of hydrogen-bond acceptors (Lipinski definition) is 3. The van der Waals surface area contributed by atoms with E-state index in [1.807, 2.05) is 28.0 Å². The number of carbonyl (C=O) groups excluding carboxylic acids is 1. The summed E-state index contributed by atoms with van der Waals surface area (Å²) in [5.74, 6) is 1.40. The molecule has 1 aromatic heterocycles. The van der Waals surface area contributed by atoms with Crippen LogP contribution in [-0.2, 0) is 4.79 Å². The van der Waals surface area contributed by atoms with Crippen molar-refractivity contribution in [3.05, 3.63) is 22.4 Å². The Morgan fingerprint density at radius 2 is 2.41 bits per heavy atom. The second kappa shape index (κ2) is 6.45. The zero-order chi connectivity index (χ0) is 12.1. The van der Waals surface area contributed by atoms with Crippen LogP contribution in [0.1, 0.15) is 36.3 Å². The summed E-state index contributed by atoms with van der Waals surface area (Å²) >= 11 is 3.83. The normalized spacial score (nSPS) is 21.2. The van der Waals surface area contributed by atoms with E-state index in [9.17, 15) is 4.79 Å². The third kappa shape index (κ3) is 3.49. The fourth-order valence-corrected chi connectivity index (χ4v) is 4.33. The molecule has 0 aliphatic carbocycles. The molecule has 1 atom stereocenters. The Balaban J connectivity index is 1.91. The zero-order valence-electron chi connectivity index (χ0n) is 10.2. The molecule has 1 saturated heterocycles. The summed E-state index contributed by atoms with van der Waals surface area (Å²) in [4.78, 5) is 15.4. The average molecular weight is 269 g/mol. The average Bonchev–Trinajstić information content (AvgIpc) is 2.74. The van der Waals surface area contributed by atoms with E-state index in [4.69, 9.17) is 0 Å². The maximum atomic E-state index is 11.9. The zero-order valence-corrected chi connectivity index (χ0v) is 11.9. The number of thiophene rings is 1. The van der Waals surface area contributed by atoms with Gasteiger partial charge in [0.25, 0.3) is 0 Å².